The number of oxazole rings is 1. The molecule has 1 aliphatic rings. The average Bonchev–Trinajstić information content (AvgIpc) is 2.95. The minimum absolute atomic E-state index is 0.420. The highest BCUT2D eigenvalue weighted by Crippen LogP contribution is 2.37. The van der Waals surface area contributed by atoms with Crippen LogP contribution in [0, 0.1) is 18.3 Å². The first kappa shape index (κ1) is 19.7. The topological polar surface area (TPSA) is 52.0 Å². The lowest BCUT2D eigenvalue weighted by atomic mass is 9.73. The smallest absolute Gasteiger partial charge is 0.226 e. The van der Waals surface area contributed by atoms with Gasteiger partial charge >= 0.3 is 0 Å². The van der Waals surface area contributed by atoms with Gasteiger partial charge in [0.15, 0.2) is 0 Å². The summed E-state index contributed by atoms with van der Waals surface area (Å²) in [6, 6.07) is 8.15. The number of nitrogens with two attached hydrogens (primary N) is 1. The summed E-state index contributed by atoms with van der Waals surface area (Å²) in [5, 5.41) is 0. The third kappa shape index (κ3) is 5.43. The monoisotopic (exact) mass is 342 g/mol. The molecule has 0 aliphatic heterocycles. The van der Waals surface area contributed by atoms with Gasteiger partial charge in [0.05, 0.1) is 5.69 Å². The molecule has 138 valence electrons. The van der Waals surface area contributed by atoms with Crippen LogP contribution in [-0.4, -0.2) is 4.98 Å². The van der Waals surface area contributed by atoms with Crippen LogP contribution in [0.1, 0.15) is 70.4 Å². The Hall–Kier alpha value is -1.61. The summed E-state index contributed by atoms with van der Waals surface area (Å²) in [5.41, 5.74) is 9.38. The number of benzene rings is 1. The van der Waals surface area contributed by atoms with E-state index in [0.717, 1.165) is 29.4 Å². The van der Waals surface area contributed by atoms with Crippen molar-refractivity contribution in [3.8, 4) is 11.5 Å². The summed E-state index contributed by atoms with van der Waals surface area (Å²) < 4.78 is 5.64. The Bertz CT molecular complexity index is 672. The van der Waals surface area contributed by atoms with Crippen molar-refractivity contribution in [1.82, 2.24) is 4.98 Å². The molecule has 0 saturated heterocycles. The van der Waals surface area contributed by atoms with Crippen molar-refractivity contribution in [1.29, 1.82) is 0 Å². The Morgan fingerprint density at radius 3 is 2.52 bits per heavy atom. The second-order valence-electron chi connectivity index (χ2n) is 8.10. The molecule has 3 heteroatoms. The molecule has 0 radical (unpaired) electrons. The summed E-state index contributed by atoms with van der Waals surface area (Å²) in [6.45, 7) is 11.6. The third-order valence-electron chi connectivity index (χ3n) is 5.17. The first-order chi connectivity index (χ1) is 11.9. The van der Waals surface area contributed by atoms with Crippen LogP contribution in [0.3, 0.4) is 0 Å². The Kier molecular flexibility index (Phi) is 6.83. The molecule has 3 rings (SSSR count). The van der Waals surface area contributed by atoms with Crippen molar-refractivity contribution >= 4 is 0 Å². The van der Waals surface area contributed by atoms with Gasteiger partial charge in [-0.15, -0.1) is 0 Å². The molecule has 1 heterocycles. The number of hydrogen-bond acceptors (Lipinski definition) is 3. The lowest BCUT2D eigenvalue weighted by Crippen LogP contribution is -2.20. The second-order valence-corrected chi connectivity index (χ2v) is 8.10. The molecule has 2 N–H and O–H groups in total. The molecular formula is C22H34N2O. The van der Waals surface area contributed by atoms with Gasteiger partial charge in [-0.2, -0.15) is 0 Å². The summed E-state index contributed by atoms with van der Waals surface area (Å²) in [6.07, 6.45) is 6.76. The molecular weight excluding hydrogens is 308 g/mol. The van der Waals surface area contributed by atoms with Gasteiger partial charge in [-0.25, -0.2) is 4.98 Å². The number of aromatic nitrogens is 1. The predicted molar refractivity (Wildman–Crippen MR) is 105 cm³/mol. The Morgan fingerprint density at radius 2 is 2.00 bits per heavy atom. The standard InChI is InChI=1S/C13H16N2O.C9H18/c1-3-10-6-4-5-7-11(10)13-15-12(8-14)9(2)16-13;1-8-5-4-6-9(2,3)7-8/h4-7H,3,8,14H2,1-2H3;8H,4-7H2,1-3H3. The SMILES string of the molecule is CC1CCCC(C)(C)C1.CCc1ccccc1-c1nc(CN)c(C)o1. The van der Waals surface area contributed by atoms with Crippen molar-refractivity contribution in [3.05, 3.63) is 41.3 Å². The van der Waals surface area contributed by atoms with Crippen LogP contribution in [0.15, 0.2) is 28.7 Å². The molecule has 0 amide bonds. The van der Waals surface area contributed by atoms with Crippen LogP contribution in [0.2, 0.25) is 0 Å². The number of nitrogens with zero attached hydrogens (tertiary/aromatic N) is 1. The van der Waals surface area contributed by atoms with E-state index in [1.54, 1.807) is 0 Å². The lowest BCUT2D eigenvalue weighted by Gasteiger charge is -2.33. The molecule has 1 aromatic carbocycles. The summed E-state index contributed by atoms with van der Waals surface area (Å²) in [5.74, 6) is 2.47. The van der Waals surface area contributed by atoms with Gasteiger partial charge in [-0.05, 0) is 49.1 Å². The van der Waals surface area contributed by atoms with Crippen molar-refractivity contribution in [2.75, 3.05) is 0 Å². The fraction of sp³-hybridized carbons (Fsp3) is 0.591. The number of hydrogen-bond donors (Lipinski definition) is 1. The summed E-state index contributed by atoms with van der Waals surface area (Å²) >= 11 is 0. The van der Waals surface area contributed by atoms with E-state index in [1.807, 2.05) is 25.1 Å². The fourth-order valence-corrected chi connectivity index (χ4v) is 3.85. The van der Waals surface area contributed by atoms with Crippen LogP contribution < -0.4 is 5.73 Å². The zero-order valence-electron chi connectivity index (χ0n) is 16.6. The maximum Gasteiger partial charge on any atom is 0.226 e. The van der Waals surface area contributed by atoms with E-state index in [4.69, 9.17) is 10.2 Å². The average molecular weight is 343 g/mol. The summed E-state index contributed by atoms with van der Waals surface area (Å²) in [4.78, 5) is 4.42. The normalized spacial score (nSPS) is 19.2. The van der Waals surface area contributed by atoms with E-state index in [1.165, 1.54) is 31.2 Å². The Labute approximate surface area is 153 Å². The molecule has 1 unspecified atom stereocenters. The van der Waals surface area contributed by atoms with Crippen molar-refractivity contribution in [2.24, 2.45) is 17.1 Å². The molecule has 1 saturated carbocycles. The molecule has 0 bridgehead atoms. The Morgan fingerprint density at radius 1 is 1.28 bits per heavy atom. The highest BCUT2D eigenvalue weighted by atomic mass is 16.4. The molecule has 1 aliphatic carbocycles. The van der Waals surface area contributed by atoms with E-state index in [9.17, 15) is 0 Å². The molecule has 2 aromatic rings. The highest BCUT2D eigenvalue weighted by molar-refractivity contribution is 5.59. The molecule has 1 fully saturated rings. The van der Waals surface area contributed by atoms with Gasteiger partial charge < -0.3 is 10.2 Å². The molecule has 1 aromatic heterocycles. The quantitative estimate of drug-likeness (QED) is 0.756. The van der Waals surface area contributed by atoms with E-state index in [2.05, 4.69) is 38.7 Å². The van der Waals surface area contributed by atoms with Crippen molar-refractivity contribution < 1.29 is 4.42 Å². The van der Waals surface area contributed by atoms with Crippen LogP contribution in [0.5, 0.6) is 0 Å². The van der Waals surface area contributed by atoms with Crippen molar-refractivity contribution in [3.63, 3.8) is 0 Å². The minimum atomic E-state index is 0.420. The second kappa shape index (κ2) is 8.66. The van der Waals surface area contributed by atoms with Gasteiger partial charge in [0, 0.05) is 12.1 Å². The van der Waals surface area contributed by atoms with Gasteiger partial charge in [0.2, 0.25) is 5.89 Å². The van der Waals surface area contributed by atoms with E-state index in [-0.39, 0.29) is 0 Å². The van der Waals surface area contributed by atoms with E-state index >= 15 is 0 Å². The molecule has 1 atom stereocenters. The molecule has 0 spiro atoms. The lowest BCUT2D eigenvalue weighted by molar-refractivity contribution is 0.191. The van der Waals surface area contributed by atoms with Crippen LogP contribution in [0.4, 0.5) is 0 Å². The fourth-order valence-electron chi connectivity index (χ4n) is 3.85. The van der Waals surface area contributed by atoms with Gasteiger partial charge in [0.25, 0.3) is 0 Å². The largest absolute Gasteiger partial charge is 0.441 e. The first-order valence-corrected chi connectivity index (χ1v) is 9.61. The minimum Gasteiger partial charge on any atom is -0.441 e. The van der Waals surface area contributed by atoms with Crippen LogP contribution >= 0.6 is 0 Å². The number of rotatable bonds is 3. The maximum atomic E-state index is 5.64. The van der Waals surface area contributed by atoms with Gasteiger partial charge in [-0.3, -0.25) is 0 Å². The van der Waals surface area contributed by atoms with Crippen LogP contribution in [-0.2, 0) is 13.0 Å². The van der Waals surface area contributed by atoms with E-state index < -0.39 is 0 Å². The molecule has 25 heavy (non-hydrogen) atoms. The van der Waals surface area contributed by atoms with Gasteiger partial charge in [-0.1, -0.05) is 58.7 Å². The van der Waals surface area contributed by atoms with Gasteiger partial charge in [0.1, 0.15) is 5.76 Å². The zero-order chi connectivity index (χ0) is 18.4. The van der Waals surface area contributed by atoms with E-state index in [0.29, 0.717) is 17.9 Å². The molecule has 3 nitrogen and oxygen atoms in total. The highest BCUT2D eigenvalue weighted by Gasteiger charge is 2.24. The Balaban J connectivity index is 0.000000212. The third-order valence-corrected chi connectivity index (χ3v) is 5.17. The number of aryl methyl sites for hydroxylation is 2. The maximum absolute atomic E-state index is 5.64. The summed E-state index contributed by atoms with van der Waals surface area (Å²) in [7, 11) is 0. The predicted octanol–water partition coefficient (Wildman–Crippen LogP) is 5.89. The van der Waals surface area contributed by atoms with Crippen LogP contribution in [0.25, 0.3) is 11.5 Å². The van der Waals surface area contributed by atoms with Crippen molar-refractivity contribution in [2.45, 2.75) is 73.3 Å². The first-order valence-electron chi connectivity index (χ1n) is 9.61. The zero-order valence-corrected chi connectivity index (χ0v) is 16.6.